The molecule has 0 bridgehead atoms. The Bertz CT molecular complexity index is 338. The van der Waals surface area contributed by atoms with Gasteiger partial charge in [-0.15, -0.1) is 0 Å². The Labute approximate surface area is 129 Å². The van der Waals surface area contributed by atoms with Gasteiger partial charge in [0.25, 0.3) is 0 Å². The average molecular weight is 300 g/mol. The first-order chi connectivity index (χ1) is 9.64. The third-order valence-corrected chi connectivity index (χ3v) is 3.59. The molecule has 0 rings (SSSR count). The first-order valence-corrected chi connectivity index (χ1v) is 7.77. The zero-order valence-electron chi connectivity index (χ0n) is 14.5. The number of hydrogen-bond acceptors (Lipinski definition) is 3. The molecule has 0 aromatic rings. The van der Waals surface area contributed by atoms with Crippen LogP contribution < -0.4 is 10.6 Å². The van der Waals surface area contributed by atoms with Crippen molar-refractivity contribution in [2.24, 2.45) is 5.41 Å². The maximum atomic E-state index is 11.7. The number of hydrogen-bond donors (Lipinski definition) is 2. The summed E-state index contributed by atoms with van der Waals surface area (Å²) in [6.45, 7) is 11.0. The first kappa shape index (κ1) is 19.9. The van der Waals surface area contributed by atoms with Crippen molar-refractivity contribution in [2.45, 2.75) is 65.9 Å². The zero-order chi connectivity index (χ0) is 16.5. The van der Waals surface area contributed by atoms with Gasteiger partial charge in [-0.05, 0) is 33.1 Å². The monoisotopic (exact) mass is 300 g/mol. The van der Waals surface area contributed by atoms with E-state index >= 15 is 0 Å². The molecule has 5 heteroatoms. The third-order valence-electron chi connectivity index (χ3n) is 3.59. The van der Waals surface area contributed by atoms with Gasteiger partial charge in [0.2, 0.25) is 11.8 Å². The highest BCUT2D eigenvalue weighted by molar-refractivity contribution is 5.81. The van der Waals surface area contributed by atoms with Gasteiger partial charge in [-0.3, -0.25) is 9.59 Å². The number of carbonyl (C=O) groups is 2. The lowest BCUT2D eigenvalue weighted by Gasteiger charge is -2.28. The Balaban J connectivity index is 4.02. The van der Waals surface area contributed by atoms with E-state index in [-0.39, 0.29) is 17.4 Å². The molecule has 2 N–H and O–H groups in total. The molecule has 0 radical (unpaired) electrons. The molecule has 0 aromatic heterocycles. The molecule has 0 atom stereocenters. The fourth-order valence-corrected chi connectivity index (χ4v) is 1.92. The molecule has 5 nitrogen and oxygen atoms in total. The van der Waals surface area contributed by atoms with Crippen molar-refractivity contribution >= 4 is 11.8 Å². The highest BCUT2D eigenvalue weighted by atomic mass is 16.5. The van der Waals surface area contributed by atoms with Gasteiger partial charge in [-0.25, -0.2) is 0 Å². The summed E-state index contributed by atoms with van der Waals surface area (Å²) in [5, 5.41) is 5.56. The second kappa shape index (κ2) is 9.03. The Morgan fingerprint density at radius 1 is 1.10 bits per heavy atom. The van der Waals surface area contributed by atoms with Crippen molar-refractivity contribution in [2.75, 3.05) is 20.2 Å². The average Bonchev–Trinajstić information content (AvgIpc) is 2.37. The number of amides is 2. The molecular formula is C16H32N2O3. The van der Waals surface area contributed by atoms with Gasteiger partial charge in [0.15, 0.2) is 0 Å². The van der Waals surface area contributed by atoms with Crippen LogP contribution in [-0.4, -0.2) is 37.6 Å². The van der Waals surface area contributed by atoms with Crippen LogP contribution in [0, 0.1) is 5.41 Å². The topological polar surface area (TPSA) is 67.4 Å². The fourth-order valence-electron chi connectivity index (χ4n) is 1.92. The summed E-state index contributed by atoms with van der Waals surface area (Å²) < 4.78 is 5.87. The lowest BCUT2D eigenvalue weighted by molar-refractivity contribution is -0.131. The fraction of sp³-hybridized carbons (Fsp3) is 0.875. The van der Waals surface area contributed by atoms with Crippen LogP contribution in [0.2, 0.25) is 0 Å². The molecule has 0 aliphatic heterocycles. The summed E-state index contributed by atoms with van der Waals surface area (Å²) in [4.78, 5) is 23.1. The van der Waals surface area contributed by atoms with E-state index in [1.54, 1.807) is 7.05 Å². The standard InChI is InChI=1S/C16H32N2O3/c1-7-8-13(19)18-11-9-16(4,5)21-12-10-15(2,3)14(20)17-6/h7-12H2,1-6H3,(H,17,20)(H,18,19). The number of carbonyl (C=O) groups excluding carboxylic acids is 2. The van der Waals surface area contributed by atoms with Gasteiger partial charge in [0.1, 0.15) is 0 Å². The SMILES string of the molecule is CCCC(=O)NCCC(C)(C)OCCC(C)(C)C(=O)NC. The van der Waals surface area contributed by atoms with Crippen LogP contribution in [-0.2, 0) is 14.3 Å². The van der Waals surface area contributed by atoms with Crippen molar-refractivity contribution in [1.29, 1.82) is 0 Å². The molecule has 124 valence electrons. The van der Waals surface area contributed by atoms with Gasteiger partial charge >= 0.3 is 0 Å². The highest BCUT2D eigenvalue weighted by Gasteiger charge is 2.27. The molecule has 0 fully saturated rings. The summed E-state index contributed by atoms with van der Waals surface area (Å²) in [6, 6.07) is 0. The summed E-state index contributed by atoms with van der Waals surface area (Å²) >= 11 is 0. The van der Waals surface area contributed by atoms with E-state index in [4.69, 9.17) is 4.74 Å². The lowest BCUT2D eigenvalue weighted by Crippen LogP contribution is -2.37. The van der Waals surface area contributed by atoms with Crippen LogP contribution in [0.25, 0.3) is 0 Å². The van der Waals surface area contributed by atoms with Gasteiger partial charge in [-0.2, -0.15) is 0 Å². The molecule has 0 saturated heterocycles. The Hall–Kier alpha value is -1.10. The molecule has 0 aromatic carbocycles. The summed E-state index contributed by atoms with van der Waals surface area (Å²) in [7, 11) is 1.65. The minimum atomic E-state index is -0.430. The maximum absolute atomic E-state index is 11.7. The number of ether oxygens (including phenoxy) is 1. The van der Waals surface area contributed by atoms with Crippen molar-refractivity contribution in [3.63, 3.8) is 0 Å². The highest BCUT2D eigenvalue weighted by Crippen LogP contribution is 2.22. The van der Waals surface area contributed by atoms with Gasteiger partial charge in [-0.1, -0.05) is 20.8 Å². The van der Waals surface area contributed by atoms with Crippen molar-refractivity contribution in [3.05, 3.63) is 0 Å². The van der Waals surface area contributed by atoms with E-state index in [9.17, 15) is 9.59 Å². The molecule has 0 aliphatic carbocycles. The molecule has 21 heavy (non-hydrogen) atoms. The van der Waals surface area contributed by atoms with E-state index in [1.165, 1.54) is 0 Å². The van der Waals surface area contributed by atoms with Crippen LogP contribution in [0.3, 0.4) is 0 Å². The van der Waals surface area contributed by atoms with Gasteiger partial charge in [0, 0.05) is 32.0 Å². The number of rotatable bonds is 10. The quantitative estimate of drug-likeness (QED) is 0.650. The first-order valence-electron chi connectivity index (χ1n) is 7.77. The Kier molecular flexibility index (Phi) is 8.55. The Morgan fingerprint density at radius 3 is 2.24 bits per heavy atom. The zero-order valence-corrected chi connectivity index (χ0v) is 14.5. The molecule has 0 spiro atoms. The van der Waals surface area contributed by atoms with Crippen LogP contribution in [0.5, 0.6) is 0 Å². The predicted octanol–water partition coefficient (Wildman–Crippen LogP) is 2.25. The summed E-state index contributed by atoms with van der Waals surface area (Å²) in [6.07, 6.45) is 2.85. The second-order valence-corrected chi connectivity index (χ2v) is 6.67. The summed E-state index contributed by atoms with van der Waals surface area (Å²) in [5.41, 5.74) is -0.738. The molecule has 0 unspecified atom stereocenters. The van der Waals surface area contributed by atoms with E-state index in [2.05, 4.69) is 10.6 Å². The number of nitrogens with one attached hydrogen (secondary N) is 2. The van der Waals surface area contributed by atoms with Crippen LogP contribution >= 0.6 is 0 Å². The van der Waals surface area contributed by atoms with E-state index in [1.807, 2.05) is 34.6 Å². The molecule has 2 amide bonds. The molecule has 0 saturated carbocycles. The lowest BCUT2D eigenvalue weighted by atomic mass is 9.88. The van der Waals surface area contributed by atoms with E-state index in [0.717, 1.165) is 12.8 Å². The van der Waals surface area contributed by atoms with Gasteiger partial charge in [0.05, 0.1) is 5.60 Å². The second-order valence-electron chi connectivity index (χ2n) is 6.67. The molecule has 0 heterocycles. The predicted molar refractivity (Wildman–Crippen MR) is 85.0 cm³/mol. The van der Waals surface area contributed by atoms with E-state index in [0.29, 0.717) is 26.0 Å². The Morgan fingerprint density at radius 2 is 1.71 bits per heavy atom. The maximum Gasteiger partial charge on any atom is 0.225 e. The normalized spacial score (nSPS) is 12.1. The van der Waals surface area contributed by atoms with E-state index < -0.39 is 5.41 Å². The van der Waals surface area contributed by atoms with Crippen molar-refractivity contribution in [1.82, 2.24) is 10.6 Å². The van der Waals surface area contributed by atoms with Crippen molar-refractivity contribution < 1.29 is 14.3 Å². The molecule has 0 aliphatic rings. The van der Waals surface area contributed by atoms with Crippen LogP contribution in [0.1, 0.15) is 60.3 Å². The largest absolute Gasteiger partial charge is 0.375 e. The van der Waals surface area contributed by atoms with Crippen molar-refractivity contribution in [3.8, 4) is 0 Å². The third kappa shape index (κ3) is 8.71. The summed E-state index contributed by atoms with van der Waals surface area (Å²) in [5.74, 6) is 0.116. The van der Waals surface area contributed by atoms with Crippen LogP contribution in [0.4, 0.5) is 0 Å². The minimum Gasteiger partial charge on any atom is -0.375 e. The van der Waals surface area contributed by atoms with Crippen LogP contribution in [0.15, 0.2) is 0 Å². The van der Waals surface area contributed by atoms with Gasteiger partial charge < -0.3 is 15.4 Å². The molecular weight excluding hydrogens is 268 g/mol. The minimum absolute atomic E-state index is 0.0238. The smallest absolute Gasteiger partial charge is 0.225 e.